The Morgan fingerprint density at radius 1 is 1.14 bits per heavy atom. The van der Waals surface area contributed by atoms with Crippen molar-refractivity contribution in [2.24, 2.45) is 0 Å². The number of carbonyl (C=O) groups excluding carboxylic acids is 1. The Labute approximate surface area is 157 Å². The fraction of sp³-hybridized carbons (Fsp3) is 0.211. The first-order valence-corrected chi connectivity index (χ1v) is 8.17. The van der Waals surface area contributed by atoms with Gasteiger partial charge in [0.15, 0.2) is 6.61 Å². The molecule has 0 saturated heterocycles. The first-order valence-electron chi connectivity index (χ1n) is 8.17. The maximum absolute atomic E-state index is 12.5. The maximum atomic E-state index is 12.5. The Hall–Kier alpha value is -3.36. The summed E-state index contributed by atoms with van der Waals surface area (Å²) in [5.41, 5.74) is 0.477. The highest BCUT2D eigenvalue weighted by Crippen LogP contribution is 2.30. The van der Waals surface area contributed by atoms with Crippen LogP contribution >= 0.6 is 0 Å². The van der Waals surface area contributed by atoms with Crippen molar-refractivity contribution in [1.82, 2.24) is 9.38 Å². The van der Waals surface area contributed by atoms with E-state index in [1.54, 1.807) is 18.3 Å². The number of nitrogens with zero attached hydrogens (tertiary/aromatic N) is 2. The van der Waals surface area contributed by atoms with Crippen LogP contribution in [0.15, 0.2) is 53.5 Å². The number of ether oxygens (including phenoxy) is 2. The quantitative estimate of drug-likeness (QED) is 0.624. The van der Waals surface area contributed by atoms with Crippen molar-refractivity contribution < 1.29 is 27.4 Å². The van der Waals surface area contributed by atoms with Crippen molar-refractivity contribution in [3.8, 4) is 5.75 Å². The van der Waals surface area contributed by atoms with Gasteiger partial charge >= 0.3 is 12.1 Å². The zero-order valence-electron chi connectivity index (χ0n) is 14.7. The average molecular weight is 392 g/mol. The number of hydrogen-bond acceptors (Lipinski definition) is 5. The van der Waals surface area contributed by atoms with Crippen molar-refractivity contribution >= 4 is 11.6 Å². The van der Waals surface area contributed by atoms with Gasteiger partial charge in [-0.1, -0.05) is 6.07 Å². The molecule has 0 aliphatic heterocycles. The third-order valence-corrected chi connectivity index (χ3v) is 3.78. The number of rotatable bonds is 5. The minimum Gasteiger partial charge on any atom is -0.482 e. The number of hydrogen-bond donors (Lipinski definition) is 0. The average Bonchev–Trinajstić information content (AvgIpc) is 2.65. The molecule has 9 heteroatoms. The van der Waals surface area contributed by atoms with E-state index < -0.39 is 24.3 Å². The summed E-state index contributed by atoms with van der Waals surface area (Å²) in [6.07, 6.45) is -2.79. The Balaban J connectivity index is 1.56. The molecule has 2 heterocycles. The van der Waals surface area contributed by atoms with E-state index >= 15 is 0 Å². The monoisotopic (exact) mass is 392 g/mol. The Morgan fingerprint density at radius 2 is 1.86 bits per heavy atom. The fourth-order valence-corrected chi connectivity index (χ4v) is 2.41. The highest BCUT2D eigenvalue weighted by molar-refractivity contribution is 5.71. The number of halogens is 3. The number of fused-ring (bicyclic) bond motifs is 1. The summed E-state index contributed by atoms with van der Waals surface area (Å²) in [6.45, 7) is 1.13. The van der Waals surface area contributed by atoms with Crippen molar-refractivity contribution in [3.05, 3.63) is 75.8 Å². The van der Waals surface area contributed by atoms with Crippen LogP contribution in [0.25, 0.3) is 5.65 Å². The van der Waals surface area contributed by atoms with Crippen LogP contribution in [0, 0.1) is 6.92 Å². The molecule has 6 nitrogen and oxygen atoms in total. The molecule has 1 aromatic carbocycles. The van der Waals surface area contributed by atoms with Crippen LogP contribution in [0.3, 0.4) is 0 Å². The van der Waals surface area contributed by atoms with E-state index in [0.29, 0.717) is 5.65 Å². The molecular formula is C19H15F3N2O4. The number of carbonyl (C=O) groups is 1. The zero-order chi connectivity index (χ0) is 20.3. The van der Waals surface area contributed by atoms with Crippen LogP contribution in [0.5, 0.6) is 5.75 Å². The highest BCUT2D eigenvalue weighted by Gasteiger charge is 2.30. The van der Waals surface area contributed by atoms with Crippen molar-refractivity contribution in [3.63, 3.8) is 0 Å². The molecule has 0 aliphatic rings. The molecular weight excluding hydrogens is 377 g/mol. The molecule has 2 aromatic heterocycles. The Morgan fingerprint density at radius 3 is 2.54 bits per heavy atom. The standard InChI is InChI=1S/C19H15F3N2O4/c1-12-2-7-16-23-14(8-17(25)24(16)9-12)10-28-18(26)11-27-15-5-3-13(4-6-15)19(20,21)22/h2-9H,10-11H2,1H3. The van der Waals surface area contributed by atoms with Crippen molar-refractivity contribution in [1.29, 1.82) is 0 Å². The summed E-state index contributed by atoms with van der Waals surface area (Å²) in [5, 5.41) is 0. The largest absolute Gasteiger partial charge is 0.482 e. The van der Waals surface area contributed by atoms with E-state index in [2.05, 4.69) is 4.98 Å². The molecule has 0 unspecified atom stereocenters. The van der Waals surface area contributed by atoms with E-state index in [9.17, 15) is 22.8 Å². The van der Waals surface area contributed by atoms with E-state index in [-0.39, 0.29) is 23.6 Å². The lowest BCUT2D eigenvalue weighted by atomic mass is 10.2. The van der Waals surface area contributed by atoms with Gasteiger partial charge in [-0.05, 0) is 42.8 Å². The summed E-state index contributed by atoms with van der Waals surface area (Å²) in [7, 11) is 0. The van der Waals surface area contributed by atoms with Crippen molar-refractivity contribution in [2.45, 2.75) is 19.7 Å². The summed E-state index contributed by atoms with van der Waals surface area (Å²) in [4.78, 5) is 28.1. The van der Waals surface area contributed by atoms with E-state index in [1.807, 2.05) is 6.92 Å². The lowest BCUT2D eigenvalue weighted by Crippen LogP contribution is -2.18. The number of aromatic nitrogens is 2. The number of aryl methyl sites for hydroxylation is 1. The number of benzene rings is 1. The van der Waals surface area contributed by atoms with Crippen molar-refractivity contribution in [2.75, 3.05) is 6.61 Å². The normalized spacial score (nSPS) is 11.4. The lowest BCUT2D eigenvalue weighted by molar-refractivity contribution is -0.147. The molecule has 0 fully saturated rings. The lowest BCUT2D eigenvalue weighted by Gasteiger charge is -2.09. The molecule has 0 bridgehead atoms. The molecule has 0 atom stereocenters. The van der Waals surface area contributed by atoms with Crippen LogP contribution in [-0.4, -0.2) is 22.0 Å². The molecule has 28 heavy (non-hydrogen) atoms. The van der Waals surface area contributed by atoms with Gasteiger partial charge in [0.1, 0.15) is 18.0 Å². The van der Waals surface area contributed by atoms with Crippen LogP contribution in [0.2, 0.25) is 0 Å². The van der Waals surface area contributed by atoms with Gasteiger partial charge in [-0.2, -0.15) is 13.2 Å². The van der Waals surface area contributed by atoms with Crippen LogP contribution in [0.1, 0.15) is 16.8 Å². The topological polar surface area (TPSA) is 69.9 Å². The summed E-state index contributed by atoms with van der Waals surface area (Å²) < 4.78 is 49.0. The van der Waals surface area contributed by atoms with E-state index in [1.165, 1.54) is 10.5 Å². The molecule has 146 valence electrons. The number of alkyl halides is 3. The van der Waals surface area contributed by atoms with Gasteiger partial charge in [0, 0.05) is 12.3 Å². The molecule has 0 aliphatic carbocycles. The van der Waals surface area contributed by atoms with Gasteiger partial charge in [-0.25, -0.2) is 9.78 Å². The third-order valence-electron chi connectivity index (χ3n) is 3.78. The number of pyridine rings is 1. The second kappa shape index (κ2) is 7.71. The van der Waals surface area contributed by atoms with Gasteiger partial charge in [-0.15, -0.1) is 0 Å². The molecule has 0 spiro atoms. The maximum Gasteiger partial charge on any atom is 0.416 e. The predicted octanol–water partition coefficient (Wildman–Crippen LogP) is 3.14. The summed E-state index contributed by atoms with van der Waals surface area (Å²) in [6, 6.07) is 8.68. The molecule has 3 rings (SSSR count). The van der Waals surface area contributed by atoms with Gasteiger partial charge in [0.2, 0.25) is 0 Å². The molecule has 0 amide bonds. The van der Waals surface area contributed by atoms with E-state index in [4.69, 9.17) is 9.47 Å². The summed E-state index contributed by atoms with van der Waals surface area (Å²) >= 11 is 0. The minimum absolute atomic E-state index is 0.0994. The van der Waals surface area contributed by atoms with Gasteiger partial charge in [0.05, 0.1) is 11.3 Å². The van der Waals surface area contributed by atoms with Gasteiger partial charge in [-0.3, -0.25) is 9.20 Å². The van der Waals surface area contributed by atoms with Gasteiger partial charge < -0.3 is 9.47 Å². The predicted molar refractivity (Wildman–Crippen MR) is 92.9 cm³/mol. The molecule has 0 radical (unpaired) electrons. The first-order chi connectivity index (χ1) is 13.2. The number of esters is 1. The fourth-order valence-electron chi connectivity index (χ4n) is 2.41. The second-order valence-corrected chi connectivity index (χ2v) is 5.99. The molecule has 3 aromatic rings. The third kappa shape index (κ3) is 4.67. The van der Waals surface area contributed by atoms with Gasteiger partial charge in [0.25, 0.3) is 5.56 Å². The van der Waals surface area contributed by atoms with Crippen LogP contribution in [0.4, 0.5) is 13.2 Å². The Kier molecular flexibility index (Phi) is 5.34. The van der Waals surface area contributed by atoms with Crippen LogP contribution in [-0.2, 0) is 22.3 Å². The second-order valence-electron chi connectivity index (χ2n) is 5.99. The zero-order valence-corrected chi connectivity index (χ0v) is 14.7. The summed E-state index contributed by atoms with van der Waals surface area (Å²) in [5.74, 6) is -0.645. The molecule has 0 N–H and O–H groups in total. The van der Waals surface area contributed by atoms with Crippen LogP contribution < -0.4 is 10.3 Å². The van der Waals surface area contributed by atoms with E-state index in [0.717, 1.165) is 29.8 Å². The molecule has 0 saturated carbocycles. The highest BCUT2D eigenvalue weighted by atomic mass is 19.4. The Bertz CT molecular complexity index is 1060. The first kappa shape index (κ1) is 19.4. The SMILES string of the molecule is Cc1ccc2nc(COC(=O)COc3ccc(C(F)(F)F)cc3)cc(=O)n2c1. The minimum atomic E-state index is -4.44. The smallest absolute Gasteiger partial charge is 0.416 e.